The third kappa shape index (κ3) is 4.31. The van der Waals surface area contributed by atoms with Crippen LogP contribution in [0.1, 0.15) is 23.4 Å². The fourth-order valence-electron chi connectivity index (χ4n) is 3.48. The summed E-state index contributed by atoms with van der Waals surface area (Å²) in [5, 5.41) is 8.43. The van der Waals surface area contributed by atoms with Crippen molar-refractivity contribution < 1.29 is 9.18 Å². The van der Waals surface area contributed by atoms with Gasteiger partial charge in [-0.2, -0.15) is 5.10 Å². The van der Waals surface area contributed by atoms with Gasteiger partial charge in [-0.1, -0.05) is 24.3 Å². The lowest BCUT2D eigenvalue weighted by atomic mass is 10.1. The van der Waals surface area contributed by atoms with E-state index in [2.05, 4.69) is 21.3 Å². The average molecular weight is 437 g/mol. The average Bonchev–Trinajstić information content (AvgIpc) is 3.12. The maximum atomic E-state index is 13.7. The molecule has 1 amide bonds. The quantitative estimate of drug-likeness (QED) is 0.335. The van der Waals surface area contributed by atoms with Crippen molar-refractivity contribution in [2.75, 3.05) is 5.32 Å². The van der Waals surface area contributed by atoms with Crippen LogP contribution in [0, 0.1) is 19.7 Å². The third-order valence-corrected chi connectivity index (χ3v) is 5.26. The van der Waals surface area contributed by atoms with Gasteiger partial charge in [0.2, 0.25) is 5.91 Å². The highest BCUT2D eigenvalue weighted by atomic mass is 32.1. The molecule has 0 saturated heterocycles. The fourth-order valence-corrected chi connectivity index (χ4v) is 3.64. The Balaban J connectivity index is 1.39. The Hall–Kier alpha value is -3.59. The van der Waals surface area contributed by atoms with Crippen LogP contribution in [0.2, 0.25) is 0 Å². The summed E-state index contributed by atoms with van der Waals surface area (Å²) in [7, 11) is 0. The Kier molecular flexibility index (Phi) is 5.77. The highest BCUT2D eigenvalue weighted by Gasteiger charge is 2.15. The molecule has 7 nitrogen and oxygen atoms in total. The van der Waals surface area contributed by atoms with Crippen LogP contribution in [-0.4, -0.2) is 25.6 Å². The molecule has 0 fully saturated rings. The molecule has 31 heavy (non-hydrogen) atoms. The largest absolute Gasteiger partial charge is 0.329 e. The number of thiocarbonyl (C=S) groups is 1. The molecule has 0 spiro atoms. The van der Waals surface area contributed by atoms with Crippen molar-refractivity contribution in [1.82, 2.24) is 25.4 Å². The molecule has 0 atom stereocenters. The molecule has 0 radical (unpaired) electrons. The van der Waals surface area contributed by atoms with Gasteiger partial charge in [0, 0.05) is 23.2 Å². The van der Waals surface area contributed by atoms with E-state index in [1.54, 1.807) is 18.2 Å². The van der Waals surface area contributed by atoms with Gasteiger partial charge in [-0.25, -0.2) is 13.9 Å². The third-order valence-electron chi connectivity index (χ3n) is 5.06. The lowest BCUT2D eigenvalue weighted by Crippen LogP contribution is -2.44. The molecule has 2 aromatic heterocycles. The lowest BCUT2D eigenvalue weighted by molar-refractivity contribution is -0.121. The first-order valence-electron chi connectivity index (χ1n) is 9.78. The summed E-state index contributed by atoms with van der Waals surface area (Å²) in [6, 6.07) is 14.0. The van der Waals surface area contributed by atoms with Crippen LogP contribution in [0.4, 0.5) is 10.1 Å². The number of rotatable bonds is 4. The van der Waals surface area contributed by atoms with Gasteiger partial charge in [0.25, 0.3) is 0 Å². The number of carbonyl (C=O) groups is 1. The molecule has 0 unspecified atom stereocenters. The van der Waals surface area contributed by atoms with Gasteiger partial charge in [-0.05, 0) is 62.3 Å². The van der Waals surface area contributed by atoms with Crippen molar-refractivity contribution in [2.24, 2.45) is 0 Å². The first-order valence-corrected chi connectivity index (χ1v) is 10.2. The van der Waals surface area contributed by atoms with Crippen LogP contribution < -0.4 is 16.2 Å². The number of aryl methyl sites for hydroxylation is 2. The standard InChI is InChI=1S/C22H21FN6OS/c1-13-15(14(2)29-21(24-13)16-7-3-5-9-18(16)28-29)11-12-20(30)26-27-22(31)25-19-10-6-4-8-17(19)23/h3-10H,11-12H2,1-2H3,(H,26,30)(H2,25,27,31). The van der Waals surface area contributed by atoms with Crippen LogP contribution >= 0.6 is 12.2 Å². The van der Waals surface area contributed by atoms with E-state index in [9.17, 15) is 9.18 Å². The lowest BCUT2D eigenvalue weighted by Gasteiger charge is -2.13. The van der Waals surface area contributed by atoms with Crippen LogP contribution in [0.3, 0.4) is 0 Å². The second kappa shape index (κ2) is 8.65. The number of fused-ring (bicyclic) bond motifs is 3. The van der Waals surface area contributed by atoms with E-state index in [4.69, 9.17) is 17.2 Å². The van der Waals surface area contributed by atoms with Crippen molar-refractivity contribution in [2.45, 2.75) is 26.7 Å². The minimum Gasteiger partial charge on any atom is -0.329 e. The fraction of sp³-hybridized carbons (Fsp3) is 0.182. The summed E-state index contributed by atoms with van der Waals surface area (Å²) in [6.07, 6.45) is 0.725. The van der Waals surface area contributed by atoms with E-state index in [1.165, 1.54) is 6.07 Å². The Morgan fingerprint density at radius 3 is 2.65 bits per heavy atom. The van der Waals surface area contributed by atoms with Crippen LogP contribution in [0.5, 0.6) is 0 Å². The molecule has 4 rings (SSSR count). The highest BCUT2D eigenvalue weighted by Crippen LogP contribution is 2.22. The van der Waals surface area contributed by atoms with Crippen molar-refractivity contribution in [3.63, 3.8) is 0 Å². The molecule has 4 aromatic rings. The minimum absolute atomic E-state index is 0.0946. The monoisotopic (exact) mass is 436 g/mol. The second-order valence-electron chi connectivity index (χ2n) is 7.12. The topological polar surface area (TPSA) is 83.4 Å². The van der Waals surface area contributed by atoms with E-state index >= 15 is 0 Å². The molecule has 0 aliphatic heterocycles. The number of anilines is 1. The van der Waals surface area contributed by atoms with Crippen molar-refractivity contribution in [1.29, 1.82) is 0 Å². The van der Waals surface area contributed by atoms with Crippen LogP contribution in [-0.2, 0) is 11.2 Å². The first kappa shape index (κ1) is 20.7. The number of benzene rings is 2. The number of nitrogens with one attached hydrogen (secondary N) is 3. The van der Waals surface area contributed by atoms with Gasteiger partial charge in [0.05, 0.1) is 11.2 Å². The summed E-state index contributed by atoms with van der Waals surface area (Å²) in [6.45, 7) is 3.92. The zero-order valence-electron chi connectivity index (χ0n) is 17.1. The number of amides is 1. The number of aromatic nitrogens is 3. The predicted molar refractivity (Wildman–Crippen MR) is 122 cm³/mol. The molecule has 0 aliphatic rings. The van der Waals surface area contributed by atoms with Gasteiger partial charge in [-0.3, -0.25) is 15.6 Å². The molecule has 158 valence electrons. The van der Waals surface area contributed by atoms with E-state index < -0.39 is 5.82 Å². The van der Waals surface area contributed by atoms with Gasteiger partial charge in [-0.15, -0.1) is 0 Å². The normalized spacial score (nSPS) is 10.9. The number of hydrazine groups is 1. The van der Waals surface area contributed by atoms with E-state index in [-0.39, 0.29) is 23.1 Å². The molecule has 3 N–H and O–H groups in total. The maximum absolute atomic E-state index is 13.7. The molecule has 2 aromatic carbocycles. The second-order valence-corrected chi connectivity index (χ2v) is 7.53. The molecule has 0 aliphatic carbocycles. The summed E-state index contributed by atoms with van der Waals surface area (Å²) >= 11 is 5.09. The molecule has 9 heteroatoms. The van der Waals surface area contributed by atoms with Crippen molar-refractivity contribution >= 4 is 45.5 Å². The minimum atomic E-state index is -0.432. The maximum Gasteiger partial charge on any atom is 0.238 e. The Bertz CT molecular complexity index is 1300. The van der Waals surface area contributed by atoms with Gasteiger partial charge in [0.1, 0.15) is 5.82 Å². The van der Waals surface area contributed by atoms with E-state index in [1.807, 2.05) is 42.6 Å². The van der Waals surface area contributed by atoms with Crippen LogP contribution in [0.25, 0.3) is 16.6 Å². The SMILES string of the molecule is Cc1nc2c3ccccc3nn2c(C)c1CCC(=O)NNC(=S)Nc1ccccc1F. The number of halogens is 1. The van der Waals surface area contributed by atoms with Gasteiger partial charge < -0.3 is 5.32 Å². The number of para-hydroxylation sites is 1. The number of nitrogens with zero attached hydrogens (tertiary/aromatic N) is 3. The Labute approximate surface area is 183 Å². The number of carbonyl (C=O) groups excluding carboxylic acids is 1. The van der Waals surface area contributed by atoms with E-state index in [0.29, 0.717) is 6.42 Å². The molecular weight excluding hydrogens is 415 g/mol. The summed E-state index contributed by atoms with van der Waals surface area (Å²) in [4.78, 5) is 17.0. The Morgan fingerprint density at radius 1 is 1.10 bits per heavy atom. The predicted octanol–water partition coefficient (Wildman–Crippen LogP) is 3.59. The van der Waals surface area contributed by atoms with Crippen LogP contribution in [0.15, 0.2) is 48.5 Å². The molecule has 2 heterocycles. The zero-order chi connectivity index (χ0) is 22.0. The first-order chi connectivity index (χ1) is 14.9. The Morgan fingerprint density at radius 2 is 1.84 bits per heavy atom. The van der Waals surface area contributed by atoms with Crippen molar-refractivity contribution in [3.05, 3.63) is 71.3 Å². The summed E-state index contributed by atoms with van der Waals surface area (Å²) in [5.41, 5.74) is 9.84. The van der Waals surface area contributed by atoms with Gasteiger partial charge >= 0.3 is 0 Å². The summed E-state index contributed by atoms with van der Waals surface area (Å²) < 4.78 is 15.5. The molecule has 0 saturated carbocycles. The smallest absolute Gasteiger partial charge is 0.238 e. The molecular formula is C22H21FN6OS. The summed E-state index contributed by atoms with van der Waals surface area (Å²) in [5.74, 6) is -0.680. The van der Waals surface area contributed by atoms with Gasteiger partial charge in [0.15, 0.2) is 10.8 Å². The van der Waals surface area contributed by atoms with E-state index in [0.717, 1.165) is 33.5 Å². The number of hydrogen-bond donors (Lipinski definition) is 3. The molecule has 0 bridgehead atoms. The highest BCUT2D eigenvalue weighted by molar-refractivity contribution is 7.80. The van der Waals surface area contributed by atoms with Crippen molar-refractivity contribution in [3.8, 4) is 0 Å². The zero-order valence-corrected chi connectivity index (χ0v) is 17.9. The number of hydrogen-bond acceptors (Lipinski definition) is 4.